The summed E-state index contributed by atoms with van der Waals surface area (Å²) < 4.78 is 0. The average molecular weight is 432 g/mol. The summed E-state index contributed by atoms with van der Waals surface area (Å²) >= 11 is 6.65. The van der Waals surface area contributed by atoms with E-state index in [0.717, 1.165) is 16.7 Å². The first-order valence-corrected chi connectivity index (χ1v) is 10.3. The molecule has 31 heavy (non-hydrogen) atoms. The molecule has 0 aliphatic carbocycles. The van der Waals surface area contributed by atoms with Crippen LogP contribution in [0.3, 0.4) is 0 Å². The molecule has 0 aliphatic rings. The number of nitrogens with one attached hydrogen (secondary N) is 2. The fourth-order valence-corrected chi connectivity index (χ4v) is 3.84. The Balaban J connectivity index is 1.74. The number of nitrogen functional groups attached to an aromatic ring is 1. The molecule has 4 N–H and O–H groups in total. The summed E-state index contributed by atoms with van der Waals surface area (Å²) in [4.78, 5) is 23.0. The number of hydrogen-bond acceptors (Lipinski definition) is 5. The second kappa shape index (κ2) is 8.76. The first-order chi connectivity index (χ1) is 14.9. The molecule has 2 atom stereocenters. The monoisotopic (exact) mass is 431 g/mol. The molecule has 0 aliphatic heterocycles. The second-order valence-electron chi connectivity index (χ2n) is 7.49. The van der Waals surface area contributed by atoms with Gasteiger partial charge in [0, 0.05) is 17.8 Å². The SMILES string of the molecule is C[C@H](NC(c1ccccc1)c1cc(Nc2cc(=O)c2=O)cc(N)c1Cl)c1ccccc1. The Morgan fingerprint density at radius 1 is 0.871 bits per heavy atom. The van der Waals surface area contributed by atoms with E-state index in [1.165, 1.54) is 6.07 Å². The van der Waals surface area contributed by atoms with Gasteiger partial charge in [0.25, 0.3) is 0 Å². The molecule has 0 fully saturated rings. The Bertz CT molecular complexity index is 1270. The molecule has 0 radical (unpaired) electrons. The van der Waals surface area contributed by atoms with Crippen molar-refractivity contribution < 1.29 is 0 Å². The zero-order valence-corrected chi connectivity index (χ0v) is 17.7. The van der Waals surface area contributed by atoms with E-state index in [1.807, 2.05) is 54.6 Å². The molecule has 4 aromatic rings. The van der Waals surface area contributed by atoms with Crippen LogP contribution in [0.5, 0.6) is 0 Å². The van der Waals surface area contributed by atoms with Gasteiger partial charge in [-0.25, -0.2) is 0 Å². The van der Waals surface area contributed by atoms with E-state index in [-0.39, 0.29) is 17.8 Å². The number of nitrogens with two attached hydrogens (primary N) is 1. The topological polar surface area (TPSA) is 84.2 Å². The van der Waals surface area contributed by atoms with E-state index >= 15 is 0 Å². The lowest BCUT2D eigenvalue weighted by Crippen LogP contribution is -2.31. The van der Waals surface area contributed by atoms with E-state index < -0.39 is 10.9 Å². The molecule has 5 nitrogen and oxygen atoms in total. The van der Waals surface area contributed by atoms with Crippen molar-refractivity contribution in [1.29, 1.82) is 0 Å². The van der Waals surface area contributed by atoms with Crippen molar-refractivity contribution in [2.24, 2.45) is 0 Å². The van der Waals surface area contributed by atoms with Crippen LogP contribution in [0.2, 0.25) is 5.02 Å². The Hall–Kier alpha value is -3.41. The highest BCUT2D eigenvalue weighted by atomic mass is 35.5. The van der Waals surface area contributed by atoms with Crippen molar-refractivity contribution >= 4 is 28.7 Å². The van der Waals surface area contributed by atoms with Gasteiger partial charge in [-0.05, 0) is 35.7 Å². The summed E-state index contributed by atoms with van der Waals surface area (Å²) in [7, 11) is 0. The van der Waals surface area contributed by atoms with Gasteiger partial charge in [0.05, 0.1) is 22.4 Å². The quantitative estimate of drug-likeness (QED) is 0.291. The minimum Gasteiger partial charge on any atom is -0.397 e. The second-order valence-corrected chi connectivity index (χ2v) is 7.87. The molecule has 0 aromatic heterocycles. The van der Waals surface area contributed by atoms with Gasteiger partial charge in [0.1, 0.15) is 0 Å². The Morgan fingerprint density at radius 2 is 1.48 bits per heavy atom. The highest BCUT2D eigenvalue weighted by molar-refractivity contribution is 6.34. The van der Waals surface area contributed by atoms with E-state index in [2.05, 4.69) is 29.7 Å². The number of benzene rings is 3. The standard InChI is InChI=1S/C25H22ClN3O2/c1-15(16-8-4-2-5-9-16)28-24(17-10-6-3-7-11-17)19-12-18(13-20(27)23(19)26)29-21-14-22(30)25(21)31/h2-15,24,28-29H,27H2,1H3/t15-,24?/m0/s1. The van der Waals surface area contributed by atoms with E-state index in [9.17, 15) is 9.59 Å². The summed E-state index contributed by atoms with van der Waals surface area (Å²) in [6, 6.07) is 24.7. The summed E-state index contributed by atoms with van der Waals surface area (Å²) in [5.74, 6) is 0. The largest absolute Gasteiger partial charge is 0.397 e. The number of hydrogen-bond donors (Lipinski definition) is 3. The molecule has 156 valence electrons. The predicted molar refractivity (Wildman–Crippen MR) is 127 cm³/mol. The molecule has 0 amide bonds. The van der Waals surface area contributed by atoms with Crippen LogP contribution in [-0.2, 0) is 0 Å². The van der Waals surface area contributed by atoms with Crippen LogP contribution in [0.25, 0.3) is 0 Å². The van der Waals surface area contributed by atoms with Crippen LogP contribution in [0.15, 0.2) is 88.5 Å². The van der Waals surface area contributed by atoms with Crippen LogP contribution >= 0.6 is 11.6 Å². The smallest absolute Gasteiger partial charge is 0.249 e. The summed E-state index contributed by atoms with van der Waals surface area (Å²) in [5, 5.41) is 7.08. The molecule has 6 heteroatoms. The maximum atomic E-state index is 11.7. The van der Waals surface area contributed by atoms with Crippen LogP contribution in [-0.4, -0.2) is 0 Å². The molecule has 0 saturated carbocycles. The van der Waals surface area contributed by atoms with Crippen molar-refractivity contribution in [1.82, 2.24) is 5.32 Å². The van der Waals surface area contributed by atoms with Gasteiger partial charge in [-0.2, -0.15) is 0 Å². The minimum absolute atomic E-state index is 0.0360. The van der Waals surface area contributed by atoms with Crippen molar-refractivity contribution in [3.05, 3.63) is 121 Å². The summed E-state index contributed by atoms with van der Waals surface area (Å²) in [6.07, 6.45) is 0. The van der Waals surface area contributed by atoms with Crippen LogP contribution in [0.4, 0.5) is 17.1 Å². The maximum absolute atomic E-state index is 11.7. The van der Waals surface area contributed by atoms with Crippen molar-refractivity contribution in [2.45, 2.75) is 19.0 Å². The van der Waals surface area contributed by atoms with Gasteiger partial charge in [-0.15, -0.1) is 0 Å². The molecule has 0 spiro atoms. The predicted octanol–water partition coefficient (Wildman–Crippen LogP) is 4.70. The molecule has 4 aromatic carbocycles. The third-order valence-electron chi connectivity index (χ3n) is 5.31. The maximum Gasteiger partial charge on any atom is 0.249 e. The van der Waals surface area contributed by atoms with E-state index in [4.69, 9.17) is 17.3 Å². The first kappa shape index (κ1) is 20.8. The molecule has 0 saturated heterocycles. The number of anilines is 3. The third-order valence-corrected chi connectivity index (χ3v) is 5.75. The highest BCUT2D eigenvalue weighted by Crippen LogP contribution is 2.37. The zero-order valence-electron chi connectivity index (χ0n) is 16.9. The normalized spacial score (nSPS) is 13.1. The average Bonchev–Trinajstić information content (AvgIpc) is 2.80. The van der Waals surface area contributed by atoms with Gasteiger partial charge in [0.2, 0.25) is 10.9 Å². The van der Waals surface area contributed by atoms with Crippen molar-refractivity contribution in [3.63, 3.8) is 0 Å². The van der Waals surface area contributed by atoms with Crippen molar-refractivity contribution in [3.8, 4) is 0 Å². The Morgan fingerprint density at radius 3 is 2.06 bits per heavy atom. The molecule has 4 rings (SSSR count). The van der Waals surface area contributed by atoms with Crippen molar-refractivity contribution in [2.75, 3.05) is 11.1 Å². The van der Waals surface area contributed by atoms with Crippen LogP contribution in [0.1, 0.15) is 35.7 Å². The van der Waals surface area contributed by atoms with E-state index in [0.29, 0.717) is 16.4 Å². The third kappa shape index (κ3) is 4.38. The van der Waals surface area contributed by atoms with Gasteiger partial charge in [0.15, 0.2) is 0 Å². The van der Waals surface area contributed by atoms with Gasteiger partial charge in [-0.3, -0.25) is 14.9 Å². The first-order valence-electron chi connectivity index (χ1n) is 9.96. The zero-order chi connectivity index (χ0) is 22.0. The molecule has 0 heterocycles. The van der Waals surface area contributed by atoms with Crippen LogP contribution in [0, 0.1) is 0 Å². The van der Waals surface area contributed by atoms with Gasteiger partial charge in [-0.1, -0.05) is 72.3 Å². The summed E-state index contributed by atoms with van der Waals surface area (Å²) in [6.45, 7) is 2.09. The lowest BCUT2D eigenvalue weighted by molar-refractivity contribution is 0.517. The molecule has 0 bridgehead atoms. The number of halogens is 1. The Labute approximate surface area is 185 Å². The molecular weight excluding hydrogens is 410 g/mol. The van der Waals surface area contributed by atoms with E-state index in [1.54, 1.807) is 6.07 Å². The highest BCUT2D eigenvalue weighted by Gasteiger charge is 2.22. The molecule has 1 unspecified atom stereocenters. The summed E-state index contributed by atoms with van der Waals surface area (Å²) in [5.41, 5.74) is 9.33. The van der Waals surface area contributed by atoms with Gasteiger partial charge < -0.3 is 11.1 Å². The fraction of sp³-hybridized carbons (Fsp3) is 0.120. The Kier molecular flexibility index (Phi) is 5.89. The lowest BCUT2D eigenvalue weighted by atomic mass is 9.95. The number of rotatable bonds is 7. The van der Waals surface area contributed by atoms with Gasteiger partial charge >= 0.3 is 0 Å². The minimum atomic E-state index is -0.537. The molecular formula is C25H22ClN3O2. The van der Waals surface area contributed by atoms with Crippen LogP contribution < -0.4 is 27.2 Å². The lowest BCUT2D eigenvalue weighted by Gasteiger charge is -2.26. The fourth-order valence-electron chi connectivity index (χ4n) is 3.62.